The highest BCUT2D eigenvalue weighted by Gasteiger charge is 2.40. The Kier molecular flexibility index (Phi) is 4.79. The molecule has 0 bridgehead atoms. The maximum atomic E-state index is 13.3. The highest BCUT2D eigenvalue weighted by atomic mass is 16.6. The van der Waals surface area contributed by atoms with Gasteiger partial charge in [-0.3, -0.25) is 14.9 Å². The number of carbonyl (C=O) groups excluding carboxylic acids is 1. The monoisotopic (exact) mass is 379 g/mol. The van der Waals surface area contributed by atoms with Crippen LogP contribution in [0.15, 0.2) is 36.4 Å². The van der Waals surface area contributed by atoms with Crippen LogP contribution in [0.25, 0.3) is 0 Å². The van der Waals surface area contributed by atoms with Crippen LogP contribution >= 0.6 is 0 Å². The lowest BCUT2D eigenvalue weighted by Gasteiger charge is -2.46. The van der Waals surface area contributed by atoms with Gasteiger partial charge in [0.1, 0.15) is 0 Å². The molecular formula is C22H25N3O3. The maximum Gasteiger partial charge on any atom is 0.269 e. The normalized spacial score (nSPS) is 20.9. The van der Waals surface area contributed by atoms with Crippen molar-refractivity contribution in [2.75, 3.05) is 16.8 Å². The SMILES string of the molecule is Cc1cccc(C)c1NC(=O)C1Cc2cc([N+](=O)[O-])ccc2N2CCCCC12. The van der Waals surface area contributed by atoms with Gasteiger partial charge in [0.15, 0.2) is 0 Å². The number of carbonyl (C=O) groups is 1. The molecule has 0 aromatic heterocycles. The maximum absolute atomic E-state index is 13.3. The summed E-state index contributed by atoms with van der Waals surface area (Å²) in [6.45, 7) is 4.88. The van der Waals surface area contributed by atoms with E-state index in [-0.39, 0.29) is 28.5 Å². The van der Waals surface area contributed by atoms with Gasteiger partial charge in [0, 0.05) is 36.1 Å². The van der Waals surface area contributed by atoms with E-state index >= 15 is 0 Å². The number of piperidine rings is 1. The van der Waals surface area contributed by atoms with Crippen LogP contribution in [-0.2, 0) is 11.2 Å². The number of hydrogen-bond acceptors (Lipinski definition) is 4. The molecule has 2 atom stereocenters. The lowest BCUT2D eigenvalue weighted by Crippen LogP contribution is -2.52. The molecule has 0 spiro atoms. The fourth-order valence-corrected chi connectivity index (χ4v) is 4.67. The summed E-state index contributed by atoms with van der Waals surface area (Å²) in [4.78, 5) is 26.4. The van der Waals surface area contributed by atoms with Crippen LogP contribution in [0.1, 0.15) is 36.0 Å². The molecule has 2 aliphatic heterocycles. The number of nitro benzene ring substituents is 1. The Balaban J connectivity index is 1.67. The van der Waals surface area contributed by atoms with Gasteiger partial charge in [-0.25, -0.2) is 0 Å². The predicted molar refractivity (Wildman–Crippen MR) is 110 cm³/mol. The number of benzene rings is 2. The summed E-state index contributed by atoms with van der Waals surface area (Å²) in [5, 5.41) is 14.4. The van der Waals surface area contributed by atoms with E-state index in [1.54, 1.807) is 12.1 Å². The highest BCUT2D eigenvalue weighted by Crippen LogP contribution is 2.40. The molecule has 2 aliphatic rings. The standard InChI is InChI=1S/C22H25N3O3/c1-14-6-5-7-15(2)21(14)23-22(26)18-13-16-12-17(25(27)28)9-10-19(16)24-11-4-3-8-20(18)24/h5-7,9-10,12,18,20H,3-4,8,11,13H2,1-2H3,(H,23,26). The second-order valence-electron chi connectivity index (χ2n) is 7.89. The van der Waals surface area contributed by atoms with Gasteiger partial charge < -0.3 is 10.2 Å². The largest absolute Gasteiger partial charge is 0.368 e. The number of nitro groups is 1. The van der Waals surface area contributed by atoms with Crippen LogP contribution in [0.4, 0.5) is 17.1 Å². The van der Waals surface area contributed by atoms with Gasteiger partial charge in [-0.1, -0.05) is 18.2 Å². The minimum absolute atomic E-state index is 0.00598. The number of aryl methyl sites for hydroxylation is 2. The van der Waals surface area contributed by atoms with Crippen molar-refractivity contribution in [2.24, 2.45) is 5.92 Å². The van der Waals surface area contributed by atoms with E-state index in [0.29, 0.717) is 6.42 Å². The zero-order valence-corrected chi connectivity index (χ0v) is 16.3. The van der Waals surface area contributed by atoms with Gasteiger partial charge in [-0.05, 0) is 62.3 Å². The van der Waals surface area contributed by atoms with Crippen molar-refractivity contribution in [3.8, 4) is 0 Å². The number of hydrogen-bond donors (Lipinski definition) is 1. The molecule has 0 aliphatic carbocycles. The third-order valence-corrected chi connectivity index (χ3v) is 6.10. The fourth-order valence-electron chi connectivity index (χ4n) is 4.67. The second kappa shape index (κ2) is 7.26. The first kappa shape index (κ1) is 18.5. The summed E-state index contributed by atoms with van der Waals surface area (Å²) in [5.74, 6) is -0.208. The van der Waals surface area contributed by atoms with Crippen LogP contribution in [-0.4, -0.2) is 23.4 Å². The topological polar surface area (TPSA) is 75.5 Å². The summed E-state index contributed by atoms with van der Waals surface area (Å²) in [6.07, 6.45) is 3.70. The molecule has 28 heavy (non-hydrogen) atoms. The van der Waals surface area contributed by atoms with Gasteiger partial charge >= 0.3 is 0 Å². The van der Waals surface area contributed by atoms with Gasteiger partial charge in [0.25, 0.3) is 5.69 Å². The zero-order chi connectivity index (χ0) is 19.8. The number of amides is 1. The summed E-state index contributed by atoms with van der Waals surface area (Å²) in [5.41, 5.74) is 4.99. The first-order chi connectivity index (χ1) is 13.5. The minimum atomic E-state index is -0.367. The van der Waals surface area contributed by atoms with E-state index in [2.05, 4.69) is 10.2 Å². The second-order valence-corrected chi connectivity index (χ2v) is 7.89. The molecule has 2 aromatic rings. The van der Waals surface area contributed by atoms with Crippen molar-refractivity contribution in [1.82, 2.24) is 0 Å². The molecule has 2 heterocycles. The number of fused-ring (bicyclic) bond motifs is 3. The average Bonchev–Trinajstić information content (AvgIpc) is 2.69. The molecule has 6 nitrogen and oxygen atoms in total. The molecule has 1 fully saturated rings. The lowest BCUT2D eigenvalue weighted by molar-refractivity contribution is -0.384. The third kappa shape index (κ3) is 3.23. The van der Waals surface area contributed by atoms with E-state index in [1.165, 1.54) is 0 Å². The molecule has 0 radical (unpaired) electrons. The van der Waals surface area contributed by atoms with Crippen LogP contribution < -0.4 is 10.2 Å². The van der Waals surface area contributed by atoms with E-state index in [0.717, 1.165) is 53.9 Å². The molecule has 4 rings (SSSR count). The number of anilines is 2. The Labute approximate surface area is 164 Å². The molecule has 146 valence electrons. The summed E-state index contributed by atoms with van der Waals surface area (Å²) < 4.78 is 0. The van der Waals surface area contributed by atoms with E-state index in [9.17, 15) is 14.9 Å². The van der Waals surface area contributed by atoms with Crippen LogP contribution in [0, 0.1) is 29.9 Å². The Morgan fingerprint density at radius 1 is 1.18 bits per heavy atom. The fraction of sp³-hybridized carbons (Fsp3) is 0.409. The van der Waals surface area contributed by atoms with Crippen LogP contribution in [0.5, 0.6) is 0 Å². The molecular weight excluding hydrogens is 354 g/mol. The van der Waals surface area contributed by atoms with E-state index < -0.39 is 0 Å². The smallest absolute Gasteiger partial charge is 0.269 e. The zero-order valence-electron chi connectivity index (χ0n) is 16.3. The quantitative estimate of drug-likeness (QED) is 0.634. The van der Waals surface area contributed by atoms with Crippen molar-refractivity contribution >= 4 is 23.0 Å². The molecule has 2 aromatic carbocycles. The molecule has 2 unspecified atom stereocenters. The van der Waals surface area contributed by atoms with Gasteiger partial charge in [0.05, 0.1) is 10.8 Å². The van der Waals surface area contributed by atoms with Crippen molar-refractivity contribution in [2.45, 2.75) is 45.6 Å². The molecule has 0 saturated carbocycles. The van der Waals surface area contributed by atoms with Crippen LogP contribution in [0.3, 0.4) is 0 Å². The first-order valence-electron chi connectivity index (χ1n) is 9.87. The Hall–Kier alpha value is -2.89. The summed E-state index contributed by atoms with van der Waals surface area (Å²) in [6, 6.07) is 11.2. The molecule has 1 N–H and O–H groups in total. The van der Waals surface area contributed by atoms with Crippen LogP contribution in [0.2, 0.25) is 0 Å². The average molecular weight is 379 g/mol. The van der Waals surface area contributed by atoms with Gasteiger partial charge in [-0.15, -0.1) is 0 Å². The minimum Gasteiger partial charge on any atom is -0.368 e. The number of non-ortho nitro benzene ring substituents is 1. The number of para-hydroxylation sites is 1. The number of nitrogens with zero attached hydrogens (tertiary/aromatic N) is 2. The van der Waals surface area contributed by atoms with Gasteiger partial charge in [0.2, 0.25) is 5.91 Å². The Morgan fingerprint density at radius 3 is 2.64 bits per heavy atom. The van der Waals surface area contributed by atoms with Crippen molar-refractivity contribution < 1.29 is 9.72 Å². The predicted octanol–water partition coefficient (Wildman–Crippen LogP) is 4.38. The molecule has 1 amide bonds. The number of rotatable bonds is 3. The summed E-state index contributed by atoms with van der Waals surface area (Å²) in [7, 11) is 0. The Bertz CT molecular complexity index is 920. The molecule has 1 saturated heterocycles. The van der Waals surface area contributed by atoms with Crippen molar-refractivity contribution in [3.63, 3.8) is 0 Å². The van der Waals surface area contributed by atoms with E-state index in [4.69, 9.17) is 0 Å². The third-order valence-electron chi connectivity index (χ3n) is 6.10. The Morgan fingerprint density at radius 2 is 1.93 bits per heavy atom. The lowest BCUT2D eigenvalue weighted by atomic mass is 9.80. The van der Waals surface area contributed by atoms with Crippen molar-refractivity contribution in [3.05, 3.63) is 63.2 Å². The first-order valence-corrected chi connectivity index (χ1v) is 9.87. The molecule has 6 heteroatoms. The van der Waals surface area contributed by atoms with Crippen molar-refractivity contribution in [1.29, 1.82) is 0 Å². The van der Waals surface area contributed by atoms with Gasteiger partial charge in [-0.2, -0.15) is 0 Å². The summed E-state index contributed by atoms with van der Waals surface area (Å²) >= 11 is 0. The highest BCUT2D eigenvalue weighted by molar-refractivity contribution is 5.95. The number of nitrogens with one attached hydrogen (secondary N) is 1. The van der Waals surface area contributed by atoms with E-state index in [1.807, 2.05) is 38.1 Å².